The van der Waals surface area contributed by atoms with E-state index in [0.29, 0.717) is 42.3 Å². The molecule has 2 unspecified atom stereocenters. The summed E-state index contributed by atoms with van der Waals surface area (Å²) in [5.41, 5.74) is 7.63. The van der Waals surface area contributed by atoms with Crippen LogP contribution in [0, 0.1) is 17.7 Å². The number of aryl methyl sites for hydroxylation is 1. The normalized spacial score (nSPS) is 19.1. The summed E-state index contributed by atoms with van der Waals surface area (Å²) >= 11 is 12.9. The fourth-order valence-electron chi connectivity index (χ4n) is 6.00. The van der Waals surface area contributed by atoms with Crippen molar-refractivity contribution < 1.29 is 18.8 Å². The molecular formula is C33H42Cl2FN5O3. The van der Waals surface area contributed by atoms with Crippen molar-refractivity contribution >= 4 is 51.8 Å². The summed E-state index contributed by atoms with van der Waals surface area (Å²) in [7, 11) is 0. The van der Waals surface area contributed by atoms with Gasteiger partial charge < -0.3 is 26.7 Å². The lowest BCUT2D eigenvalue weighted by Gasteiger charge is -2.39. The second-order valence-corrected chi connectivity index (χ2v) is 12.9. The van der Waals surface area contributed by atoms with Crippen molar-refractivity contribution in [1.82, 2.24) is 20.9 Å². The highest BCUT2D eigenvalue weighted by molar-refractivity contribution is 6.38. The first-order chi connectivity index (χ1) is 20.9. The van der Waals surface area contributed by atoms with E-state index in [1.807, 2.05) is 33.8 Å². The van der Waals surface area contributed by atoms with E-state index in [2.05, 4.69) is 20.9 Å². The van der Waals surface area contributed by atoms with Gasteiger partial charge in [-0.1, -0.05) is 75.9 Å². The average molecular weight is 647 g/mol. The summed E-state index contributed by atoms with van der Waals surface area (Å²) in [4.78, 5) is 44.1. The number of primary amides is 1. The van der Waals surface area contributed by atoms with E-state index in [4.69, 9.17) is 28.9 Å². The highest BCUT2D eigenvalue weighted by Gasteiger charge is 2.46. The number of fused-ring (bicyclic) bond motifs is 3. The molecule has 238 valence electrons. The number of hydrogen-bond donors (Lipinski definition) is 5. The first-order valence-corrected chi connectivity index (χ1v) is 16.0. The lowest BCUT2D eigenvalue weighted by Crippen LogP contribution is -2.67. The van der Waals surface area contributed by atoms with Gasteiger partial charge in [0.2, 0.25) is 17.7 Å². The smallest absolute Gasteiger partial charge is 0.246 e. The first-order valence-electron chi connectivity index (χ1n) is 15.3. The summed E-state index contributed by atoms with van der Waals surface area (Å²) in [6, 6.07) is 8.32. The molecule has 3 aromatic rings. The van der Waals surface area contributed by atoms with Crippen LogP contribution in [-0.2, 0) is 33.6 Å². The van der Waals surface area contributed by atoms with Gasteiger partial charge in [0, 0.05) is 22.5 Å². The monoisotopic (exact) mass is 645 g/mol. The van der Waals surface area contributed by atoms with Gasteiger partial charge in [0.05, 0.1) is 16.6 Å². The van der Waals surface area contributed by atoms with Gasteiger partial charge in [0.25, 0.3) is 0 Å². The average Bonchev–Trinajstić information content (AvgIpc) is 3.34. The maximum Gasteiger partial charge on any atom is 0.246 e. The summed E-state index contributed by atoms with van der Waals surface area (Å²) < 4.78 is 13.7. The fraction of sp³-hybridized carbons (Fsp3) is 0.485. The fourth-order valence-corrected chi connectivity index (χ4v) is 6.54. The zero-order chi connectivity index (χ0) is 32.2. The van der Waals surface area contributed by atoms with Crippen LogP contribution in [0.25, 0.3) is 10.9 Å². The minimum absolute atomic E-state index is 0.0639. The molecule has 3 amide bonds. The van der Waals surface area contributed by atoms with Crippen LogP contribution in [0.3, 0.4) is 0 Å². The number of rotatable bonds is 13. The van der Waals surface area contributed by atoms with Crippen molar-refractivity contribution in [2.75, 3.05) is 6.54 Å². The van der Waals surface area contributed by atoms with Gasteiger partial charge in [0.15, 0.2) is 0 Å². The molecule has 11 heteroatoms. The molecule has 0 aliphatic heterocycles. The number of hydrogen-bond acceptors (Lipinski definition) is 4. The lowest BCUT2D eigenvalue weighted by molar-refractivity contribution is -0.137. The highest BCUT2D eigenvalue weighted by Crippen LogP contribution is 2.38. The highest BCUT2D eigenvalue weighted by atomic mass is 35.5. The molecule has 4 rings (SSSR count). The SMILES string of the molecule is CCC(C)[C@H](NCCc1cccc(F)c1)C(=O)N[C@]1(C(=O)NC(C(N)=O)[C@@H](C)CC)CCc2[nH]c3c(Cl)cc(Cl)cc3c2C1. The number of aromatic nitrogens is 1. The number of carbonyl (C=O) groups is 3. The standard InChI is InChI=1S/C33H42Cl2FN5O3/c1-5-18(3)27(30(37)42)40-32(44)33(12-10-26-24(17-33)23-15-21(34)16-25(35)29(23)39-26)41-31(43)28(19(4)6-2)38-13-11-20-8-7-9-22(36)14-20/h7-9,14-16,18-19,27-28,38-39H,5-6,10-13,17H2,1-4H3,(H2,37,42)(H,40,44)(H,41,43)/t18-,19?,27?,28-,33+/m0/s1. The van der Waals surface area contributed by atoms with Crippen LogP contribution in [-0.4, -0.2) is 46.9 Å². The Hall–Kier alpha value is -3.14. The van der Waals surface area contributed by atoms with Crippen LogP contribution in [0.4, 0.5) is 4.39 Å². The van der Waals surface area contributed by atoms with Gasteiger partial charge in [-0.25, -0.2) is 4.39 Å². The van der Waals surface area contributed by atoms with Crippen molar-refractivity contribution in [3.63, 3.8) is 0 Å². The van der Waals surface area contributed by atoms with Gasteiger partial charge >= 0.3 is 0 Å². The minimum Gasteiger partial charge on any atom is -0.368 e. The lowest BCUT2D eigenvalue weighted by atomic mass is 9.78. The maximum atomic E-state index is 14.2. The molecule has 1 aliphatic carbocycles. The topological polar surface area (TPSA) is 129 Å². The summed E-state index contributed by atoms with van der Waals surface area (Å²) in [6.07, 6.45) is 2.78. The van der Waals surface area contributed by atoms with E-state index >= 15 is 0 Å². The van der Waals surface area contributed by atoms with Crippen LogP contribution >= 0.6 is 23.2 Å². The molecule has 0 bridgehead atoms. The Kier molecular flexibility index (Phi) is 11.0. The Morgan fingerprint density at radius 3 is 2.43 bits per heavy atom. The molecule has 1 heterocycles. The van der Waals surface area contributed by atoms with E-state index in [1.165, 1.54) is 12.1 Å². The number of benzene rings is 2. The summed E-state index contributed by atoms with van der Waals surface area (Å²) in [5, 5.41) is 11.1. The predicted octanol–water partition coefficient (Wildman–Crippen LogP) is 5.22. The van der Waals surface area contributed by atoms with E-state index in [-0.39, 0.29) is 36.4 Å². The van der Waals surface area contributed by atoms with Crippen molar-refractivity contribution in [2.24, 2.45) is 17.6 Å². The Morgan fingerprint density at radius 2 is 1.77 bits per heavy atom. The van der Waals surface area contributed by atoms with Crippen LogP contribution in [0.5, 0.6) is 0 Å². The number of nitrogens with two attached hydrogens (primary N) is 1. The second kappa shape index (κ2) is 14.3. The van der Waals surface area contributed by atoms with Gasteiger partial charge in [-0.05, 0) is 73.0 Å². The molecule has 0 saturated carbocycles. The third-order valence-electron chi connectivity index (χ3n) is 9.07. The largest absolute Gasteiger partial charge is 0.368 e. The van der Waals surface area contributed by atoms with Gasteiger partial charge in [-0.3, -0.25) is 14.4 Å². The first kappa shape index (κ1) is 33.7. The molecule has 2 aromatic carbocycles. The quantitative estimate of drug-likeness (QED) is 0.174. The Bertz CT molecular complexity index is 1530. The molecule has 0 radical (unpaired) electrons. The Morgan fingerprint density at radius 1 is 1.07 bits per heavy atom. The van der Waals surface area contributed by atoms with Crippen LogP contribution in [0.1, 0.15) is 63.8 Å². The van der Waals surface area contributed by atoms with Crippen molar-refractivity contribution in [2.45, 2.75) is 83.8 Å². The Balaban J connectivity index is 1.67. The maximum absolute atomic E-state index is 14.2. The van der Waals surface area contributed by atoms with Gasteiger partial charge in [-0.2, -0.15) is 0 Å². The Labute approximate surface area is 268 Å². The van der Waals surface area contributed by atoms with E-state index < -0.39 is 29.4 Å². The van der Waals surface area contributed by atoms with Crippen LogP contribution in [0.15, 0.2) is 36.4 Å². The number of amides is 3. The molecule has 1 aromatic heterocycles. The number of carbonyl (C=O) groups excluding carboxylic acids is 3. The van der Waals surface area contributed by atoms with E-state index in [0.717, 1.165) is 27.7 Å². The summed E-state index contributed by atoms with van der Waals surface area (Å²) in [5.74, 6) is -2.00. The summed E-state index contributed by atoms with van der Waals surface area (Å²) in [6.45, 7) is 8.18. The molecule has 5 atom stereocenters. The number of nitrogens with one attached hydrogen (secondary N) is 4. The molecular weight excluding hydrogens is 604 g/mol. The van der Waals surface area contributed by atoms with Crippen molar-refractivity contribution in [1.29, 1.82) is 0 Å². The molecule has 0 spiro atoms. The van der Waals surface area contributed by atoms with E-state index in [9.17, 15) is 18.8 Å². The molecule has 1 aliphatic rings. The van der Waals surface area contributed by atoms with Crippen molar-refractivity contribution in [3.05, 3.63) is 69.1 Å². The number of halogens is 3. The third-order valence-corrected chi connectivity index (χ3v) is 9.58. The second-order valence-electron chi connectivity index (χ2n) is 12.1. The third kappa shape index (κ3) is 7.38. The van der Waals surface area contributed by atoms with Gasteiger partial charge in [-0.15, -0.1) is 0 Å². The van der Waals surface area contributed by atoms with Crippen molar-refractivity contribution in [3.8, 4) is 0 Å². The number of aromatic amines is 1. The molecule has 0 fully saturated rings. The van der Waals surface area contributed by atoms with Gasteiger partial charge in [0.1, 0.15) is 17.4 Å². The van der Waals surface area contributed by atoms with E-state index in [1.54, 1.807) is 18.2 Å². The molecule has 8 nitrogen and oxygen atoms in total. The minimum atomic E-state index is -1.37. The van der Waals surface area contributed by atoms with Crippen LogP contribution in [0.2, 0.25) is 10.0 Å². The van der Waals surface area contributed by atoms with Crippen LogP contribution < -0.4 is 21.7 Å². The molecule has 0 saturated heterocycles. The molecule has 44 heavy (non-hydrogen) atoms. The predicted molar refractivity (Wildman–Crippen MR) is 173 cm³/mol. The zero-order valence-electron chi connectivity index (χ0n) is 25.7. The molecule has 6 N–H and O–H groups in total. The number of H-pyrrole nitrogens is 1. The zero-order valence-corrected chi connectivity index (χ0v) is 27.2.